The largest absolute Gasteiger partial charge is 0.398 e. The zero-order valence-corrected chi connectivity index (χ0v) is 12.9. The summed E-state index contributed by atoms with van der Waals surface area (Å²) in [5, 5.41) is 0. The molecule has 8 heteroatoms. The quantitative estimate of drug-likeness (QED) is 0.795. The first-order chi connectivity index (χ1) is 9.24. The second-order valence-electron chi connectivity index (χ2n) is 4.90. The maximum absolute atomic E-state index is 12.6. The lowest BCUT2D eigenvalue weighted by Gasteiger charge is -2.21. The molecule has 1 heterocycles. The van der Waals surface area contributed by atoms with Gasteiger partial charge in [-0.05, 0) is 25.0 Å². The number of nitrogens with zero attached hydrogens (tertiary/aromatic N) is 1. The average Bonchev–Trinajstić information content (AvgIpc) is 2.50. The first-order valence-electron chi connectivity index (χ1n) is 6.30. The molecule has 1 saturated heterocycles. The fourth-order valence-corrected chi connectivity index (χ4v) is 5.50. The number of sulfonamides is 1. The topological polar surface area (TPSA) is 97.5 Å². The molecule has 112 valence electrons. The van der Waals surface area contributed by atoms with E-state index in [1.54, 1.807) is 19.1 Å². The highest BCUT2D eigenvalue weighted by Crippen LogP contribution is 2.26. The van der Waals surface area contributed by atoms with Crippen LogP contribution < -0.4 is 5.73 Å². The van der Waals surface area contributed by atoms with Crippen molar-refractivity contribution in [3.05, 3.63) is 23.8 Å². The molecule has 0 amide bonds. The maximum atomic E-state index is 12.6. The Labute approximate surface area is 119 Å². The van der Waals surface area contributed by atoms with Crippen molar-refractivity contribution in [1.82, 2.24) is 4.31 Å². The summed E-state index contributed by atoms with van der Waals surface area (Å²) in [6.45, 7) is 1.87. The van der Waals surface area contributed by atoms with Gasteiger partial charge >= 0.3 is 0 Å². The van der Waals surface area contributed by atoms with Gasteiger partial charge in [0.05, 0.1) is 17.2 Å². The van der Waals surface area contributed by atoms with Crippen molar-refractivity contribution >= 4 is 25.5 Å². The van der Waals surface area contributed by atoms with Crippen LogP contribution in [-0.4, -0.2) is 45.7 Å². The molecule has 0 atom stereocenters. The van der Waals surface area contributed by atoms with E-state index in [-0.39, 0.29) is 35.2 Å². The van der Waals surface area contributed by atoms with Gasteiger partial charge in [-0.2, -0.15) is 4.31 Å². The van der Waals surface area contributed by atoms with Crippen molar-refractivity contribution in [1.29, 1.82) is 0 Å². The zero-order chi connectivity index (χ0) is 15.0. The van der Waals surface area contributed by atoms with Crippen LogP contribution in [0, 0.1) is 6.92 Å². The Bertz CT molecular complexity index is 691. The fourth-order valence-electron chi connectivity index (χ4n) is 2.31. The summed E-state index contributed by atoms with van der Waals surface area (Å²) in [4.78, 5) is 0.0827. The molecule has 0 aliphatic carbocycles. The number of rotatable bonds is 2. The highest BCUT2D eigenvalue weighted by Gasteiger charge is 2.31. The first-order valence-corrected chi connectivity index (χ1v) is 9.56. The summed E-state index contributed by atoms with van der Waals surface area (Å²) in [7, 11) is -6.91. The molecule has 1 aromatic rings. The lowest BCUT2D eigenvalue weighted by atomic mass is 10.2. The van der Waals surface area contributed by atoms with Gasteiger partial charge in [-0.25, -0.2) is 16.8 Å². The van der Waals surface area contributed by atoms with Crippen LogP contribution in [0.4, 0.5) is 5.69 Å². The number of anilines is 1. The van der Waals surface area contributed by atoms with Crippen LogP contribution >= 0.6 is 0 Å². The lowest BCUT2D eigenvalue weighted by Crippen LogP contribution is -2.34. The van der Waals surface area contributed by atoms with Crippen LogP contribution in [0.15, 0.2) is 23.1 Å². The van der Waals surface area contributed by atoms with E-state index < -0.39 is 19.9 Å². The highest BCUT2D eigenvalue weighted by molar-refractivity contribution is 7.91. The number of nitrogens with two attached hydrogens (primary N) is 1. The predicted octanol–water partition coefficient (Wildman–Crippen LogP) is 0.386. The van der Waals surface area contributed by atoms with E-state index in [0.717, 1.165) is 0 Å². The minimum atomic E-state index is -3.75. The highest BCUT2D eigenvalue weighted by atomic mass is 32.2. The minimum Gasteiger partial charge on any atom is -0.398 e. The van der Waals surface area contributed by atoms with E-state index in [9.17, 15) is 16.8 Å². The molecule has 1 fully saturated rings. The van der Waals surface area contributed by atoms with E-state index in [4.69, 9.17) is 5.73 Å². The SMILES string of the molecule is Cc1cccc(N)c1S(=O)(=O)N1CCCS(=O)(=O)CC1. The summed E-state index contributed by atoms with van der Waals surface area (Å²) in [5.74, 6) is -0.111. The van der Waals surface area contributed by atoms with Gasteiger partial charge in [0.2, 0.25) is 10.0 Å². The first kappa shape index (κ1) is 15.3. The predicted molar refractivity (Wildman–Crippen MR) is 77.6 cm³/mol. The van der Waals surface area contributed by atoms with Crippen LogP contribution in [0.2, 0.25) is 0 Å². The van der Waals surface area contributed by atoms with Gasteiger partial charge in [0.1, 0.15) is 4.90 Å². The van der Waals surface area contributed by atoms with Crippen molar-refractivity contribution in [3.8, 4) is 0 Å². The Kier molecular flexibility index (Phi) is 4.08. The molecule has 0 spiro atoms. The Hall–Kier alpha value is -1.12. The second kappa shape index (κ2) is 5.34. The molecular formula is C12H18N2O4S2. The molecule has 2 N–H and O–H groups in total. The molecule has 20 heavy (non-hydrogen) atoms. The molecule has 0 unspecified atom stereocenters. The van der Waals surface area contributed by atoms with Crippen molar-refractivity contribution in [2.45, 2.75) is 18.2 Å². The molecule has 0 radical (unpaired) electrons. The van der Waals surface area contributed by atoms with Crippen LogP contribution in [0.1, 0.15) is 12.0 Å². The smallest absolute Gasteiger partial charge is 0.245 e. The second-order valence-corrected chi connectivity index (χ2v) is 9.08. The Morgan fingerprint density at radius 1 is 1.20 bits per heavy atom. The summed E-state index contributed by atoms with van der Waals surface area (Å²) in [6, 6.07) is 4.91. The molecule has 0 saturated carbocycles. The number of nitrogen functional groups attached to an aromatic ring is 1. The average molecular weight is 318 g/mol. The van der Waals surface area contributed by atoms with Gasteiger partial charge < -0.3 is 5.73 Å². The molecule has 1 aromatic carbocycles. The monoisotopic (exact) mass is 318 g/mol. The maximum Gasteiger partial charge on any atom is 0.245 e. The summed E-state index contributed by atoms with van der Waals surface area (Å²) in [6.07, 6.45) is 0.313. The van der Waals surface area contributed by atoms with E-state index in [2.05, 4.69) is 0 Å². The van der Waals surface area contributed by atoms with E-state index in [1.807, 2.05) is 0 Å². The molecule has 0 bridgehead atoms. The number of sulfone groups is 1. The molecule has 6 nitrogen and oxygen atoms in total. The lowest BCUT2D eigenvalue weighted by molar-refractivity contribution is 0.434. The number of benzene rings is 1. The van der Waals surface area contributed by atoms with Crippen molar-refractivity contribution in [2.75, 3.05) is 30.3 Å². The van der Waals surface area contributed by atoms with Gasteiger partial charge in [0.25, 0.3) is 0 Å². The van der Waals surface area contributed by atoms with Gasteiger partial charge in [-0.3, -0.25) is 0 Å². The number of hydrogen-bond acceptors (Lipinski definition) is 5. The normalized spacial score (nSPS) is 20.4. The summed E-state index contributed by atoms with van der Waals surface area (Å²) >= 11 is 0. The third-order valence-corrected chi connectivity index (χ3v) is 7.19. The molecule has 1 aliphatic rings. The molecule has 1 aliphatic heterocycles. The zero-order valence-electron chi connectivity index (χ0n) is 11.2. The van der Waals surface area contributed by atoms with E-state index in [1.165, 1.54) is 10.4 Å². The molecule has 2 rings (SSSR count). The fraction of sp³-hybridized carbons (Fsp3) is 0.500. The van der Waals surface area contributed by atoms with Gasteiger partial charge in [0, 0.05) is 13.1 Å². The van der Waals surface area contributed by atoms with Crippen LogP contribution in [-0.2, 0) is 19.9 Å². The van der Waals surface area contributed by atoms with E-state index >= 15 is 0 Å². The Balaban J connectivity index is 2.41. The standard InChI is InChI=1S/C12H18N2O4S2/c1-10-4-2-5-11(13)12(10)20(17,18)14-6-3-8-19(15,16)9-7-14/h2,4-5H,3,6-9,13H2,1H3. The van der Waals surface area contributed by atoms with Crippen LogP contribution in [0.3, 0.4) is 0 Å². The minimum absolute atomic E-state index is 0.0154. The van der Waals surface area contributed by atoms with Crippen molar-refractivity contribution in [2.24, 2.45) is 0 Å². The third kappa shape index (κ3) is 2.97. The van der Waals surface area contributed by atoms with Crippen LogP contribution in [0.25, 0.3) is 0 Å². The number of aryl methyl sites for hydroxylation is 1. The van der Waals surface area contributed by atoms with Crippen molar-refractivity contribution < 1.29 is 16.8 Å². The Morgan fingerprint density at radius 3 is 2.55 bits per heavy atom. The van der Waals surface area contributed by atoms with E-state index in [0.29, 0.717) is 12.0 Å². The Morgan fingerprint density at radius 2 is 1.90 bits per heavy atom. The third-order valence-electron chi connectivity index (χ3n) is 3.35. The summed E-state index contributed by atoms with van der Waals surface area (Å²) in [5.41, 5.74) is 6.54. The van der Waals surface area contributed by atoms with Gasteiger partial charge in [-0.15, -0.1) is 0 Å². The summed E-state index contributed by atoms with van der Waals surface area (Å²) < 4.78 is 49.6. The van der Waals surface area contributed by atoms with Crippen LogP contribution in [0.5, 0.6) is 0 Å². The van der Waals surface area contributed by atoms with Crippen molar-refractivity contribution in [3.63, 3.8) is 0 Å². The molecular weight excluding hydrogens is 300 g/mol. The van der Waals surface area contributed by atoms with Gasteiger partial charge in [0.15, 0.2) is 9.84 Å². The number of hydrogen-bond donors (Lipinski definition) is 1. The molecule has 0 aromatic heterocycles. The van der Waals surface area contributed by atoms with Gasteiger partial charge in [-0.1, -0.05) is 12.1 Å².